The Morgan fingerprint density at radius 3 is 2.67 bits per heavy atom. The molecule has 104 valence electrons. The quantitative estimate of drug-likeness (QED) is 0.342. The second kappa shape index (κ2) is 6.41. The van der Waals surface area contributed by atoms with Crippen LogP contribution in [0.5, 0.6) is 0 Å². The first kappa shape index (κ1) is 13.7. The van der Waals surface area contributed by atoms with Crippen LogP contribution < -0.4 is 5.73 Å². The molecule has 0 bridgehead atoms. The van der Waals surface area contributed by atoms with Gasteiger partial charge < -0.3 is 10.9 Å². The molecule has 1 saturated heterocycles. The summed E-state index contributed by atoms with van der Waals surface area (Å²) in [6.45, 7) is 3.40. The van der Waals surface area contributed by atoms with Crippen molar-refractivity contribution in [3.63, 3.8) is 0 Å². The summed E-state index contributed by atoms with van der Waals surface area (Å²) in [6.07, 6.45) is 10.1. The lowest BCUT2D eigenvalue weighted by Gasteiger charge is -2.35. The van der Waals surface area contributed by atoms with Gasteiger partial charge in [0.15, 0.2) is 0 Å². The first-order chi connectivity index (χ1) is 8.76. The predicted molar refractivity (Wildman–Crippen MR) is 73.8 cm³/mol. The van der Waals surface area contributed by atoms with Crippen molar-refractivity contribution >= 4 is 5.84 Å². The molecule has 3 N–H and O–H groups in total. The first-order valence-corrected chi connectivity index (χ1v) is 7.48. The molecule has 1 saturated carbocycles. The fourth-order valence-electron chi connectivity index (χ4n) is 3.89. The maximum Gasteiger partial charge on any atom is 0.140 e. The average molecular weight is 253 g/mol. The monoisotopic (exact) mass is 253 g/mol. The van der Waals surface area contributed by atoms with E-state index in [1.54, 1.807) is 0 Å². The van der Waals surface area contributed by atoms with Crippen LogP contribution in [0.1, 0.15) is 58.3 Å². The van der Waals surface area contributed by atoms with Crippen molar-refractivity contribution in [2.24, 2.45) is 16.8 Å². The van der Waals surface area contributed by atoms with Gasteiger partial charge in [0.05, 0.1) is 0 Å². The van der Waals surface area contributed by atoms with Gasteiger partial charge in [-0.3, -0.25) is 4.90 Å². The highest BCUT2D eigenvalue weighted by Gasteiger charge is 2.36. The van der Waals surface area contributed by atoms with Gasteiger partial charge in [-0.1, -0.05) is 24.9 Å². The molecule has 2 atom stereocenters. The van der Waals surface area contributed by atoms with E-state index in [4.69, 9.17) is 10.9 Å². The molecule has 2 fully saturated rings. The average Bonchev–Trinajstić information content (AvgIpc) is 3.04. The highest BCUT2D eigenvalue weighted by molar-refractivity contribution is 5.80. The summed E-state index contributed by atoms with van der Waals surface area (Å²) in [7, 11) is 0. The van der Waals surface area contributed by atoms with Crippen molar-refractivity contribution in [1.82, 2.24) is 4.90 Å². The Kier molecular flexibility index (Phi) is 4.87. The Balaban J connectivity index is 1.99. The fraction of sp³-hybridized carbons (Fsp3) is 0.929. The molecule has 18 heavy (non-hydrogen) atoms. The molecule has 0 aromatic carbocycles. The van der Waals surface area contributed by atoms with Crippen LogP contribution in [0.15, 0.2) is 5.16 Å². The van der Waals surface area contributed by atoms with Crippen LogP contribution in [0.3, 0.4) is 0 Å². The molecule has 4 nitrogen and oxygen atoms in total. The van der Waals surface area contributed by atoms with E-state index in [1.165, 1.54) is 45.1 Å². The Labute approximate surface area is 110 Å². The molecule has 0 radical (unpaired) electrons. The summed E-state index contributed by atoms with van der Waals surface area (Å²) in [6, 6.07) is 1.21. The molecule has 0 aromatic rings. The normalized spacial score (nSPS) is 28.9. The van der Waals surface area contributed by atoms with E-state index in [-0.39, 0.29) is 0 Å². The van der Waals surface area contributed by atoms with Crippen LogP contribution in [0.4, 0.5) is 0 Å². The van der Waals surface area contributed by atoms with E-state index in [9.17, 15) is 0 Å². The van der Waals surface area contributed by atoms with Gasteiger partial charge in [-0.15, -0.1) is 0 Å². The molecule has 1 aliphatic heterocycles. The third-order valence-corrected chi connectivity index (χ3v) is 4.80. The molecule has 0 aromatic heterocycles. The second-order valence-electron chi connectivity index (χ2n) is 5.85. The van der Waals surface area contributed by atoms with Crippen molar-refractivity contribution in [2.75, 3.05) is 6.54 Å². The summed E-state index contributed by atoms with van der Waals surface area (Å²) in [5.74, 6) is 1.27. The van der Waals surface area contributed by atoms with Crippen LogP contribution in [-0.2, 0) is 0 Å². The smallest absolute Gasteiger partial charge is 0.140 e. The third kappa shape index (κ3) is 2.97. The number of amidine groups is 1. The molecule has 1 aliphatic carbocycles. The Hall–Kier alpha value is -0.770. The van der Waals surface area contributed by atoms with E-state index in [1.807, 2.05) is 0 Å². The first-order valence-electron chi connectivity index (χ1n) is 7.48. The van der Waals surface area contributed by atoms with Crippen molar-refractivity contribution in [3.8, 4) is 0 Å². The minimum absolute atomic E-state index is 0.374. The zero-order chi connectivity index (χ0) is 13.0. The Morgan fingerprint density at radius 1 is 1.33 bits per heavy atom. The van der Waals surface area contributed by atoms with Gasteiger partial charge in [-0.05, 0) is 44.6 Å². The minimum atomic E-state index is 0.374. The number of hydrogen-bond acceptors (Lipinski definition) is 3. The molecule has 2 rings (SSSR count). The van der Waals surface area contributed by atoms with Crippen LogP contribution in [0.2, 0.25) is 0 Å². The summed E-state index contributed by atoms with van der Waals surface area (Å²) >= 11 is 0. The standard InChI is InChI=1S/C14H27N3O/c1-2-12(10-14(15)16-18)17-9-5-8-13(17)11-6-3-4-7-11/h11-13,18H,2-10H2,1H3,(H2,15,16). The number of rotatable bonds is 5. The second-order valence-corrected chi connectivity index (χ2v) is 5.85. The van der Waals surface area contributed by atoms with Crippen molar-refractivity contribution in [3.05, 3.63) is 0 Å². The lowest BCUT2D eigenvalue weighted by atomic mass is 9.94. The largest absolute Gasteiger partial charge is 0.409 e. The highest BCUT2D eigenvalue weighted by Crippen LogP contribution is 2.37. The van der Waals surface area contributed by atoms with Crippen LogP contribution in [-0.4, -0.2) is 34.6 Å². The molecule has 0 amide bonds. The summed E-state index contributed by atoms with van der Waals surface area (Å²) in [4.78, 5) is 2.65. The van der Waals surface area contributed by atoms with Gasteiger partial charge in [0, 0.05) is 18.5 Å². The van der Waals surface area contributed by atoms with E-state index in [0.29, 0.717) is 18.3 Å². The van der Waals surface area contributed by atoms with Crippen molar-refractivity contribution < 1.29 is 5.21 Å². The van der Waals surface area contributed by atoms with Gasteiger partial charge >= 0.3 is 0 Å². The molecule has 1 heterocycles. The van der Waals surface area contributed by atoms with E-state index in [0.717, 1.165) is 18.4 Å². The van der Waals surface area contributed by atoms with Crippen LogP contribution in [0, 0.1) is 5.92 Å². The minimum Gasteiger partial charge on any atom is -0.409 e. The predicted octanol–water partition coefficient (Wildman–Crippen LogP) is 2.56. The molecule has 0 spiro atoms. The summed E-state index contributed by atoms with van der Waals surface area (Å²) in [5, 5.41) is 11.9. The number of hydrogen-bond donors (Lipinski definition) is 2. The van der Waals surface area contributed by atoms with Crippen molar-refractivity contribution in [1.29, 1.82) is 0 Å². The lowest BCUT2D eigenvalue weighted by molar-refractivity contribution is 0.133. The Morgan fingerprint density at radius 2 is 2.06 bits per heavy atom. The molecular formula is C14H27N3O. The molecule has 2 unspecified atom stereocenters. The van der Waals surface area contributed by atoms with Gasteiger partial charge in [-0.25, -0.2) is 0 Å². The number of nitrogens with two attached hydrogens (primary N) is 1. The third-order valence-electron chi connectivity index (χ3n) is 4.80. The molecule has 2 aliphatic rings. The summed E-state index contributed by atoms with van der Waals surface area (Å²) < 4.78 is 0. The number of likely N-dealkylation sites (tertiary alicyclic amines) is 1. The van der Waals surface area contributed by atoms with Gasteiger partial charge in [0.1, 0.15) is 5.84 Å². The highest BCUT2D eigenvalue weighted by atomic mass is 16.4. The van der Waals surface area contributed by atoms with E-state index >= 15 is 0 Å². The summed E-state index contributed by atoms with van der Waals surface area (Å²) in [5.41, 5.74) is 5.69. The topological polar surface area (TPSA) is 61.9 Å². The van der Waals surface area contributed by atoms with Gasteiger partial charge in [0.2, 0.25) is 0 Å². The molecule has 4 heteroatoms. The van der Waals surface area contributed by atoms with E-state index in [2.05, 4.69) is 17.0 Å². The lowest BCUT2D eigenvalue weighted by Crippen LogP contribution is -2.43. The van der Waals surface area contributed by atoms with Gasteiger partial charge in [0.25, 0.3) is 0 Å². The maximum absolute atomic E-state index is 8.74. The van der Waals surface area contributed by atoms with E-state index < -0.39 is 0 Å². The van der Waals surface area contributed by atoms with Gasteiger partial charge in [-0.2, -0.15) is 0 Å². The fourth-order valence-corrected chi connectivity index (χ4v) is 3.89. The Bertz CT molecular complexity index is 287. The van der Waals surface area contributed by atoms with Crippen molar-refractivity contribution in [2.45, 2.75) is 70.4 Å². The molecular weight excluding hydrogens is 226 g/mol. The van der Waals surface area contributed by atoms with Crippen LogP contribution in [0.25, 0.3) is 0 Å². The number of nitrogens with zero attached hydrogens (tertiary/aromatic N) is 2. The maximum atomic E-state index is 8.74. The zero-order valence-corrected chi connectivity index (χ0v) is 11.5. The zero-order valence-electron chi connectivity index (χ0n) is 11.5. The SMILES string of the molecule is CCC(CC(N)=NO)N1CCCC1C1CCCC1. The number of oxime groups is 1. The van der Waals surface area contributed by atoms with Crippen LogP contribution >= 0.6 is 0 Å².